The summed E-state index contributed by atoms with van der Waals surface area (Å²) in [7, 11) is 0. The third kappa shape index (κ3) is 6.78. The minimum atomic E-state index is 0.0704. The number of carbonyl (C=O) groups excluding carboxylic acids is 2. The Morgan fingerprint density at radius 1 is 0.956 bits per heavy atom. The lowest BCUT2D eigenvalue weighted by Crippen LogP contribution is -2.58. The molecular formula is C37H53N5O3. The Bertz CT molecular complexity index is 1290. The SMILES string of the molecule is CCOC1CCC(CN2C[C@@H](c3ccccc3)N(C3CCN(C4(C)CCN(C(=O)c5c(C)ccnc5C)CC4)CC3)C2=O)CC1. The summed E-state index contributed by atoms with van der Waals surface area (Å²) in [6.07, 6.45) is 10.6. The molecule has 4 heterocycles. The van der Waals surface area contributed by atoms with E-state index in [1.165, 1.54) is 5.56 Å². The van der Waals surface area contributed by atoms with Gasteiger partial charge in [-0.25, -0.2) is 4.79 Å². The molecule has 4 fully saturated rings. The number of piperidine rings is 2. The molecule has 1 aromatic carbocycles. The van der Waals surface area contributed by atoms with E-state index in [0.717, 1.165) is 114 Å². The number of aryl methyl sites for hydroxylation is 2. The van der Waals surface area contributed by atoms with E-state index in [4.69, 9.17) is 4.74 Å². The van der Waals surface area contributed by atoms with Crippen molar-refractivity contribution in [2.24, 2.45) is 5.92 Å². The Kier molecular flexibility index (Phi) is 9.81. The van der Waals surface area contributed by atoms with Gasteiger partial charge in [0.15, 0.2) is 0 Å². The zero-order chi connectivity index (χ0) is 31.6. The van der Waals surface area contributed by atoms with Crippen LogP contribution < -0.4 is 0 Å². The maximum absolute atomic E-state index is 14.1. The predicted octanol–water partition coefficient (Wildman–Crippen LogP) is 6.23. The van der Waals surface area contributed by atoms with Crippen molar-refractivity contribution in [3.63, 3.8) is 0 Å². The minimum Gasteiger partial charge on any atom is -0.379 e. The van der Waals surface area contributed by atoms with Gasteiger partial charge in [0.1, 0.15) is 0 Å². The molecule has 45 heavy (non-hydrogen) atoms. The van der Waals surface area contributed by atoms with Gasteiger partial charge in [0, 0.05) is 63.7 Å². The zero-order valence-electron chi connectivity index (χ0n) is 27.9. The number of likely N-dealkylation sites (tertiary alicyclic amines) is 2. The molecule has 1 aromatic heterocycles. The fourth-order valence-electron chi connectivity index (χ4n) is 8.57. The number of ether oxygens (including phenoxy) is 1. The summed E-state index contributed by atoms with van der Waals surface area (Å²) < 4.78 is 5.88. The van der Waals surface area contributed by atoms with E-state index in [9.17, 15) is 9.59 Å². The van der Waals surface area contributed by atoms with Crippen molar-refractivity contribution in [2.75, 3.05) is 45.9 Å². The largest absolute Gasteiger partial charge is 0.379 e. The molecule has 1 aliphatic carbocycles. The molecule has 4 aliphatic rings. The highest BCUT2D eigenvalue weighted by atomic mass is 16.5. The molecule has 0 radical (unpaired) electrons. The van der Waals surface area contributed by atoms with Crippen LogP contribution in [-0.4, -0.2) is 100 Å². The van der Waals surface area contributed by atoms with E-state index in [2.05, 4.69) is 63.9 Å². The number of nitrogens with zero attached hydrogens (tertiary/aromatic N) is 5. The van der Waals surface area contributed by atoms with Gasteiger partial charge in [0.2, 0.25) is 0 Å². The Morgan fingerprint density at radius 2 is 1.64 bits per heavy atom. The van der Waals surface area contributed by atoms with Crippen molar-refractivity contribution >= 4 is 11.9 Å². The van der Waals surface area contributed by atoms with Crippen molar-refractivity contribution in [3.05, 3.63) is 65.0 Å². The van der Waals surface area contributed by atoms with E-state index < -0.39 is 0 Å². The minimum absolute atomic E-state index is 0.0704. The number of hydrogen-bond donors (Lipinski definition) is 0. The average Bonchev–Trinajstić information content (AvgIpc) is 3.38. The zero-order valence-corrected chi connectivity index (χ0v) is 27.9. The van der Waals surface area contributed by atoms with Gasteiger partial charge in [-0.3, -0.25) is 14.7 Å². The molecule has 8 heteroatoms. The lowest BCUT2D eigenvalue weighted by Gasteiger charge is -2.50. The third-order valence-electron chi connectivity index (χ3n) is 11.4. The fraction of sp³-hybridized carbons (Fsp3) is 0.649. The molecule has 0 N–H and O–H groups in total. The molecule has 0 spiro atoms. The highest BCUT2D eigenvalue weighted by Gasteiger charge is 2.45. The van der Waals surface area contributed by atoms with Gasteiger partial charge in [-0.15, -0.1) is 0 Å². The molecule has 0 unspecified atom stereocenters. The smallest absolute Gasteiger partial charge is 0.320 e. The van der Waals surface area contributed by atoms with E-state index in [1.54, 1.807) is 6.20 Å². The maximum atomic E-state index is 14.1. The number of pyridine rings is 1. The Labute approximate surface area is 270 Å². The molecule has 2 aromatic rings. The first-order valence-corrected chi connectivity index (χ1v) is 17.5. The lowest BCUT2D eigenvalue weighted by atomic mass is 9.85. The monoisotopic (exact) mass is 615 g/mol. The van der Waals surface area contributed by atoms with Crippen molar-refractivity contribution in [1.29, 1.82) is 0 Å². The predicted molar refractivity (Wildman–Crippen MR) is 177 cm³/mol. The van der Waals surface area contributed by atoms with Crippen LogP contribution in [0.4, 0.5) is 4.79 Å². The molecule has 3 saturated heterocycles. The second-order valence-electron chi connectivity index (χ2n) is 14.2. The second kappa shape index (κ2) is 13.8. The average molecular weight is 616 g/mol. The van der Waals surface area contributed by atoms with Crippen LogP contribution >= 0.6 is 0 Å². The molecule has 244 valence electrons. The topological polar surface area (TPSA) is 69.2 Å². The standard InChI is InChI=1S/C37H53N5O3/c1-5-45-32-13-11-29(12-14-32)25-40-26-33(30-9-7-6-8-10-30)42(36(40)44)31-16-21-41(22-17-31)37(4)18-23-39(24-19-37)35(43)34-27(2)15-20-38-28(34)3/h6-10,15,20,29,31-33H,5,11-14,16-19,21-26H2,1-4H3/t29?,32?,33-/m0/s1. The molecule has 8 nitrogen and oxygen atoms in total. The summed E-state index contributed by atoms with van der Waals surface area (Å²) in [5, 5.41) is 0. The number of urea groups is 1. The van der Waals surface area contributed by atoms with Gasteiger partial charge in [0.25, 0.3) is 5.91 Å². The number of hydrogen-bond acceptors (Lipinski definition) is 5. The quantitative estimate of drug-likeness (QED) is 0.352. The number of carbonyl (C=O) groups is 2. The van der Waals surface area contributed by atoms with Gasteiger partial charge in [-0.1, -0.05) is 30.3 Å². The Hall–Kier alpha value is -2.97. The van der Waals surface area contributed by atoms with Crippen LogP contribution in [0.15, 0.2) is 42.6 Å². The Balaban J connectivity index is 1.07. The summed E-state index contributed by atoms with van der Waals surface area (Å²) in [4.78, 5) is 41.0. The van der Waals surface area contributed by atoms with E-state index in [-0.39, 0.29) is 29.6 Å². The summed E-state index contributed by atoms with van der Waals surface area (Å²) in [5.74, 6) is 0.679. The second-order valence-corrected chi connectivity index (χ2v) is 14.2. The lowest BCUT2D eigenvalue weighted by molar-refractivity contribution is 0.00486. The number of benzene rings is 1. The first-order valence-electron chi connectivity index (χ1n) is 17.5. The third-order valence-corrected chi connectivity index (χ3v) is 11.4. The van der Waals surface area contributed by atoms with Crippen LogP contribution in [0.2, 0.25) is 0 Å². The van der Waals surface area contributed by atoms with E-state index in [1.807, 2.05) is 24.8 Å². The summed E-state index contributed by atoms with van der Waals surface area (Å²) in [6, 6.07) is 13.2. The van der Waals surface area contributed by atoms with Crippen molar-refractivity contribution in [2.45, 2.75) is 103 Å². The molecule has 0 bridgehead atoms. The van der Waals surface area contributed by atoms with Gasteiger partial charge in [-0.05, 0) is 102 Å². The van der Waals surface area contributed by atoms with Crippen LogP contribution in [0, 0.1) is 19.8 Å². The normalized spacial score (nSPS) is 26.4. The van der Waals surface area contributed by atoms with Crippen molar-refractivity contribution in [3.8, 4) is 0 Å². The number of amides is 3. The molecule has 1 saturated carbocycles. The summed E-state index contributed by atoms with van der Waals surface area (Å²) in [6.45, 7) is 14.3. The van der Waals surface area contributed by atoms with Crippen LogP contribution in [-0.2, 0) is 4.74 Å². The van der Waals surface area contributed by atoms with Gasteiger partial charge in [0.05, 0.1) is 23.4 Å². The van der Waals surface area contributed by atoms with Crippen LogP contribution in [0.1, 0.15) is 98.4 Å². The molecule has 1 atom stereocenters. The Morgan fingerprint density at radius 3 is 2.29 bits per heavy atom. The molecular weight excluding hydrogens is 562 g/mol. The molecule has 3 amide bonds. The van der Waals surface area contributed by atoms with Crippen molar-refractivity contribution in [1.82, 2.24) is 24.6 Å². The van der Waals surface area contributed by atoms with Crippen LogP contribution in [0.5, 0.6) is 0 Å². The maximum Gasteiger partial charge on any atom is 0.320 e. The fourth-order valence-corrected chi connectivity index (χ4v) is 8.57. The number of aromatic nitrogens is 1. The summed E-state index contributed by atoms with van der Waals surface area (Å²) >= 11 is 0. The summed E-state index contributed by atoms with van der Waals surface area (Å²) in [5.41, 5.74) is 3.89. The number of rotatable bonds is 8. The molecule has 3 aliphatic heterocycles. The van der Waals surface area contributed by atoms with Crippen LogP contribution in [0.3, 0.4) is 0 Å². The van der Waals surface area contributed by atoms with Crippen molar-refractivity contribution < 1.29 is 14.3 Å². The van der Waals surface area contributed by atoms with E-state index in [0.29, 0.717) is 12.0 Å². The van der Waals surface area contributed by atoms with Gasteiger partial charge < -0.3 is 19.4 Å². The van der Waals surface area contributed by atoms with Crippen LogP contribution in [0.25, 0.3) is 0 Å². The highest BCUT2D eigenvalue weighted by Crippen LogP contribution is 2.39. The van der Waals surface area contributed by atoms with E-state index >= 15 is 0 Å². The highest BCUT2D eigenvalue weighted by molar-refractivity contribution is 5.96. The first-order chi connectivity index (χ1) is 21.8. The van der Waals surface area contributed by atoms with Gasteiger partial charge in [-0.2, -0.15) is 0 Å². The first kappa shape index (κ1) is 32.0. The molecule has 6 rings (SSSR count). The van der Waals surface area contributed by atoms with Gasteiger partial charge >= 0.3 is 6.03 Å².